The van der Waals surface area contributed by atoms with E-state index in [9.17, 15) is 13.2 Å². The number of nitrogens with zero attached hydrogens (tertiary/aromatic N) is 2. The van der Waals surface area contributed by atoms with Crippen molar-refractivity contribution in [3.8, 4) is 5.75 Å². The second kappa shape index (κ2) is 7.99. The number of anilines is 1. The fraction of sp³-hybridized carbons (Fsp3) is 0.458. The zero-order chi connectivity index (χ0) is 22.5. The van der Waals surface area contributed by atoms with Crippen LogP contribution in [0.3, 0.4) is 0 Å². The Morgan fingerprint density at radius 3 is 2.81 bits per heavy atom. The number of hydrogen-bond acceptors (Lipinski definition) is 4. The van der Waals surface area contributed by atoms with Gasteiger partial charge in [0.2, 0.25) is 0 Å². The van der Waals surface area contributed by atoms with Crippen LogP contribution < -0.4 is 15.0 Å². The Morgan fingerprint density at radius 1 is 1.19 bits per heavy atom. The molecule has 0 radical (unpaired) electrons. The van der Waals surface area contributed by atoms with Gasteiger partial charge in [0, 0.05) is 42.3 Å². The third-order valence-corrected chi connectivity index (χ3v) is 7.12. The van der Waals surface area contributed by atoms with Gasteiger partial charge in [0.15, 0.2) is 0 Å². The molecule has 3 aromatic rings. The summed E-state index contributed by atoms with van der Waals surface area (Å²) in [6, 6.07) is 10.5. The number of rotatable bonds is 5. The van der Waals surface area contributed by atoms with Crippen molar-refractivity contribution in [1.29, 1.82) is 0 Å². The van der Waals surface area contributed by atoms with Gasteiger partial charge in [-0.1, -0.05) is 6.07 Å². The molecule has 0 spiro atoms. The van der Waals surface area contributed by atoms with E-state index in [1.165, 1.54) is 11.6 Å². The Hall–Kier alpha value is -2.74. The van der Waals surface area contributed by atoms with Gasteiger partial charge in [-0.25, -0.2) is 4.98 Å². The number of benzene rings is 1. The molecule has 0 amide bonds. The lowest BCUT2D eigenvalue weighted by Gasteiger charge is -2.23. The Morgan fingerprint density at radius 2 is 2.03 bits per heavy atom. The molecule has 3 atom stereocenters. The highest BCUT2D eigenvalue weighted by atomic mass is 19.4. The molecular formula is C24H27F3N4O. The Balaban J connectivity index is 1.27. The van der Waals surface area contributed by atoms with Gasteiger partial charge in [-0.3, -0.25) is 0 Å². The molecule has 2 N–H and O–H groups in total. The number of methoxy groups -OCH3 is 1. The van der Waals surface area contributed by atoms with Crippen LogP contribution in [0.5, 0.6) is 5.75 Å². The first-order chi connectivity index (χ1) is 15.3. The van der Waals surface area contributed by atoms with E-state index in [1.807, 2.05) is 23.1 Å². The molecule has 5 rings (SSSR count). The Labute approximate surface area is 185 Å². The average molecular weight is 445 g/mol. The van der Waals surface area contributed by atoms with Crippen LogP contribution >= 0.6 is 0 Å². The van der Waals surface area contributed by atoms with E-state index in [1.54, 1.807) is 13.2 Å². The van der Waals surface area contributed by atoms with E-state index in [0.717, 1.165) is 60.9 Å². The molecule has 1 aromatic carbocycles. The number of H-pyrrole nitrogens is 1. The third-order valence-electron chi connectivity index (χ3n) is 7.12. The van der Waals surface area contributed by atoms with E-state index >= 15 is 0 Å². The fourth-order valence-electron chi connectivity index (χ4n) is 5.36. The molecule has 8 heteroatoms. The number of ether oxygens (including phenoxy) is 1. The van der Waals surface area contributed by atoms with Gasteiger partial charge >= 0.3 is 6.18 Å². The van der Waals surface area contributed by atoms with Crippen molar-refractivity contribution in [2.24, 2.45) is 11.8 Å². The lowest BCUT2D eigenvalue weighted by molar-refractivity contribution is -0.141. The summed E-state index contributed by atoms with van der Waals surface area (Å²) < 4.78 is 44.5. The minimum atomic E-state index is -4.42. The Kier molecular flexibility index (Phi) is 5.28. The van der Waals surface area contributed by atoms with Crippen molar-refractivity contribution in [3.05, 3.63) is 53.3 Å². The lowest BCUT2D eigenvalue weighted by Crippen LogP contribution is -2.35. The highest BCUT2D eigenvalue weighted by molar-refractivity contribution is 5.85. The van der Waals surface area contributed by atoms with Crippen LogP contribution in [0.25, 0.3) is 10.9 Å². The molecule has 0 unspecified atom stereocenters. The van der Waals surface area contributed by atoms with Gasteiger partial charge in [0.1, 0.15) is 17.3 Å². The van der Waals surface area contributed by atoms with E-state index in [-0.39, 0.29) is 0 Å². The molecule has 1 aliphatic heterocycles. The number of fused-ring (bicyclic) bond motifs is 2. The summed E-state index contributed by atoms with van der Waals surface area (Å²) in [4.78, 5) is 9.41. The van der Waals surface area contributed by atoms with Crippen molar-refractivity contribution in [2.75, 3.05) is 25.1 Å². The van der Waals surface area contributed by atoms with Crippen molar-refractivity contribution in [3.63, 3.8) is 0 Å². The molecule has 5 nitrogen and oxygen atoms in total. The van der Waals surface area contributed by atoms with Gasteiger partial charge < -0.3 is 19.9 Å². The maximum absolute atomic E-state index is 13.1. The summed E-state index contributed by atoms with van der Waals surface area (Å²) in [6.45, 7) is 4.35. The molecule has 2 fully saturated rings. The van der Waals surface area contributed by atoms with Crippen LogP contribution in [0.2, 0.25) is 0 Å². The first kappa shape index (κ1) is 21.1. The number of nitrogens with one attached hydrogen (secondary N) is 2. The maximum atomic E-state index is 13.1. The molecule has 1 aliphatic carbocycles. The molecule has 0 bridgehead atoms. The summed E-state index contributed by atoms with van der Waals surface area (Å²) in [5.41, 5.74) is 2.63. The smallest absolute Gasteiger partial charge is 0.433 e. The molecule has 1 saturated heterocycles. The summed E-state index contributed by atoms with van der Waals surface area (Å²) in [5, 5.41) is 4.88. The average Bonchev–Trinajstić information content (AvgIpc) is 3.45. The van der Waals surface area contributed by atoms with Gasteiger partial charge in [0.05, 0.1) is 7.11 Å². The molecule has 170 valence electrons. The monoisotopic (exact) mass is 444 g/mol. The van der Waals surface area contributed by atoms with Crippen molar-refractivity contribution < 1.29 is 17.9 Å². The van der Waals surface area contributed by atoms with Crippen molar-refractivity contribution in [2.45, 2.75) is 38.5 Å². The highest BCUT2D eigenvalue weighted by Gasteiger charge is 2.43. The molecule has 1 saturated carbocycles. The van der Waals surface area contributed by atoms with Crippen LogP contribution in [0.4, 0.5) is 19.0 Å². The number of aromatic nitrogens is 2. The van der Waals surface area contributed by atoms with Gasteiger partial charge in [-0.05, 0) is 67.5 Å². The summed E-state index contributed by atoms with van der Waals surface area (Å²) in [5.74, 6) is 2.16. The fourth-order valence-corrected chi connectivity index (χ4v) is 5.36. The van der Waals surface area contributed by atoms with E-state index in [2.05, 4.69) is 22.2 Å². The van der Waals surface area contributed by atoms with Crippen LogP contribution in [-0.2, 0) is 12.7 Å². The lowest BCUT2D eigenvalue weighted by atomic mass is 9.98. The topological polar surface area (TPSA) is 53.2 Å². The van der Waals surface area contributed by atoms with Crippen LogP contribution in [0.1, 0.15) is 29.8 Å². The largest absolute Gasteiger partial charge is 0.497 e. The Bertz CT molecular complexity index is 1130. The number of hydrogen-bond donors (Lipinski definition) is 2. The van der Waals surface area contributed by atoms with Crippen LogP contribution in [-0.4, -0.2) is 36.2 Å². The molecule has 32 heavy (non-hydrogen) atoms. The van der Waals surface area contributed by atoms with Crippen LogP contribution in [0, 0.1) is 18.8 Å². The van der Waals surface area contributed by atoms with E-state index in [0.29, 0.717) is 23.7 Å². The van der Waals surface area contributed by atoms with Gasteiger partial charge in [-0.2, -0.15) is 13.2 Å². The van der Waals surface area contributed by atoms with Gasteiger partial charge in [0.25, 0.3) is 0 Å². The molecular weight excluding hydrogens is 417 g/mol. The second-order valence-electron chi connectivity index (χ2n) is 8.91. The van der Waals surface area contributed by atoms with Crippen LogP contribution in [0.15, 0.2) is 36.4 Å². The number of alkyl halides is 3. The predicted molar refractivity (Wildman–Crippen MR) is 118 cm³/mol. The standard InChI is InChI=1S/C24H27F3N4O/c1-14-17-10-16(32-2)7-9-20(17)29-21(14)11-28-19-8-6-15-12-31(13-18(15)19)23-5-3-4-22(30-23)24(25,26)27/h3-5,7,9-10,15,18-19,28-29H,6,8,11-13H2,1-2H3/t15-,18+,19+/m1/s1. The quantitative estimate of drug-likeness (QED) is 0.588. The second-order valence-corrected chi connectivity index (χ2v) is 8.91. The zero-order valence-corrected chi connectivity index (χ0v) is 18.2. The normalized spacial score (nSPS) is 23.2. The first-order valence-electron chi connectivity index (χ1n) is 11.0. The van der Waals surface area contributed by atoms with E-state index in [4.69, 9.17) is 4.74 Å². The number of aryl methyl sites for hydroxylation is 1. The maximum Gasteiger partial charge on any atom is 0.433 e. The SMILES string of the molecule is COc1ccc2[nH]c(CN[C@H]3CC[C@@H]4CN(c5cccc(C(F)(F)F)n5)C[C@@H]43)c(C)c2c1. The first-order valence-corrected chi connectivity index (χ1v) is 11.0. The number of pyridine rings is 1. The third kappa shape index (κ3) is 3.81. The molecule has 2 aliphatic rings. The summed E-state index contributed by atoms with van der Waals surface area (Å²) in [7, 11) is 1.67. The number of halogens is 3. The molecule has 3 heterocycles. The minimum absolute atomic E-state index is 0.344. The minimum Gasteiger partial charge on any atom is -0.497 e. The van der Waals surface area contributed by atoms with Gasteiger partial charge in [-0.15, -0.1) is 0 Å². The van der Waals surface area contributed by atoms with Crippen molar-refractivity contribution >= 4 is 16.7 Å². The summed E-state index contributed by atoms with van der Waals surface area (Å²) >= 11 is 0. The predicted octanol–water partition coefficient (Wildman–Crippen LogP) is 4.90. The van der Waals surface area contributed by atoms with E-state index < -0.39 is 11.9 Å². The summed E-state index contributed by atoms with van der Waals surface area (Å²) in [6.07, 6.45) is -2.25. The zero-order valence-electron chi connectivity index (χ0n) is 18.2. The number of aromatic amines is 1. The molecule has 2 aromatic heterocycles. The van der Waals surface area contributed by atoms with Crippen molar-refractivity contribution in [1.82, 2.24) is 15.3 Å². The highest BCUT2D eigenvalue weighted by Crippen LogP contribution is 2.40.